The Bertz CT molecular complexity index is 1100. The van der Waals surface area contributed by atoms with Crippen LogP contribution in [0.2, 0.25) is 5.02 Å². The molecule has 4 nitrogen and oxygen atoms in total. The summed E-state index contributed by atoms with van der Waals surface area (Å²) in [7, 11) is 2.15. The van der Waals surface area contributed by atoms with Crippen molar-refractivity contribution in [2.24, 2.45) is 0 Å². The molecule has 0 aromatic heterocycles. The molecule has 0 spiro atoms. The number of fused-ring (bicyclic) bond motifs is 1. The largest absolute Gasteiger partial charge is 0.368 e. The van der Waals surface area contributed by atoms with Gasteiger partial charge in [-0.3, -0.25) is 4.79 Å². The number of nitrogens with one attached hydrogen (secondary N) is 1. The summed E-state index contributed by atoms with van der Waals surface area (Å²) in [4.78, 5) is 17.6. The summed E-state index contributed by atoms with van der Waals surface area (Å²) in [6.45, 7) is 4.51. The van der Waals surface area contributed by atoms with E-state index >= 15 is 0 Å². The van der Waals surface area contributed by atoms with E-state index in [0.29, 0.717) is 12.1 Å². The number of hydrogen-bond acceptors (Lipinski definition) is 3. The Morgan fingerprint density at radius 2 is 1.83 bits per heavy atom. The fraction of sp³-hybridized carbons (Fsp3) is 0.261. The van der Waals surface area contributed by atoms with Crippen LogP contribution in [-0.4, -0.2) is 44.0 Å². The van der Waals surface area contributed by atoms with Gasteiger partial charge in [0.2, 0.25) is 0 Å². The second-order valence-corrected chi connectivity index (χ2v) is 9.97. The lowest BCUT2D eigenvalue weighted by molar-refractivity contribution is 0.0951. The van der Waals surface area contributed by atoms with E-state index in [4.69, 9.17) is 11.6 Å². The predicted octanol–water partition coefficient (Wildman–Crippen LogP) is 5.54. The smallest absolute Gasteiger partial charge is 0.251 e. The number of likely N-dealkylation sites (N-methyl/N-ethyl adjacent to an activating group) is 1. The minimum absolute atomic E-state index is 0.0776. The molecule has 4 rings (SSSR count). The molecule has 0 unspecified atom stereocenters. The van der Waals surface area contributed by atoms with E-state index in [1.54, 1.807) is 0 Å². The van der Waals surface area contributed by atoms with Crippen LogP contribution in [0.1, 0.15) is 15.9 Å². The van der Waals surface area contributed by atoms with Crippen LogP contribution in [0.3, 0.4) is 0 Å². The second kappa shape index (κ2) is 9.42. The Hall–Kier alpha value is -1.35. The third-order valence-electron chi connectivity index (χ3n) is 5.48. The Labute approximate surface area is 203 Å². The summed E-state index contributed by atoms with van der Waals surface area (Å²) in [6, 6.07) is 16.0. The molecule has 0 saturated carbocycles. The standard InChI is InChI=1S/C23H22BrClIN3O/c1-28-8-10-29(11-9-28)22-7-5-19(24)17-4-3-16(13-18(17)22)23(30)27-14-15-2-6-20(25)21(26)12-15/h2-7,12-13H,8-11,14H2,1H3,(H,27,30). The third kappa shape index (κ3) is 4.77. The number of rotatable bonds is 4. The summed E-state index contributed by atoms with van der Waals surface area (Å²) >= 11 is 12.0. The number of carbonyl (C=O) groups excluding carboxylic acids is 1. The topological polar surface area (TPSA) is 35.6 Å². The van der Waals surface area contributed by atoms with E-state index in [2.05, 4.69) is 72.8 Å². The first kappa shape index (κ1) is 21.9. The highest BCUT2D eigenvalue weighted by Gasteiger charge is 2.18. The van der Waals surface area contributed by atoms with Gasteiger partial charge in [0.1, 0.15) is 0 Å². The van der Waals surface area contributed by atoms with Gasteiger partial charge in [-0.05, 0) is 77.0 Å². The molecule has 0 aliphatic carbocycles. The lowest BCUT2D eigenvalue weighted by Crippen LogP contribution is -2.44. The zero-order valence-corrected chi connectivity index (χ0v) is 21.1. The highest BCUT2D eigenvalue weighted by Crippen LogP contribution is 2.33. The maximum atomic E-state index is 12.9. The number of nitrogens with zero attached hydrogens (tertiary/aromatic N) is 2. The van der Waals surface area contributed by atoms with Crippen LogP contribution >= 0.6 is 50.1 Å². The quantitative estimate of drug-likeness (QED) is 0.401. The monoisotopic (exact) mass is 597 g/mol. The summed E-state index contributed by atoms with van der Waals surface area (Å²) in [5.41, 5.74) is 2.88. The van der Waals surface area contributed by atoms with E-state index < -0.39 is 0 Å². The molecular weight excluding hydrogens is 577 g/mol. The van der Waals surface area contributed by atoms with Crippen molar-refractivity contribution in [2.75, 3.05) is 38.1 Å². The lowest BCUT2D eigenvalue weighted by Gasteiger charge is -2.34. The van der Waals surface area contributed by atoms with Gasteiger partial charge in [-0.2, -0.15) is 0 Å². The normalized spacial score (nSPS) is 14.9. The molecule has 1 saturated heterocycles. The number of amides is 1. The van der Waals surface area contributed by atoms with E-state index in [-0.39, 0.29) is 5.91 Å². The van der Waals surface area contributed by atoms with E-state index in [9.17, 15) is 4.79 Å². The lowest BCUT2D eigenvalue weighted by atomic mass is 10.0. The van der Waals surface area contributed by atoms with Gasteiger partial charge in [0.15, 0.2) is 0 Å². The van der Waals surface area contributed by atoms with Crippen molar-refractivity contribution < 1.29 is 4.79 Å². The SMILES string of the molecule is CN1CCN(c2ccc(Br)c3ccc(C(=O)NCc4ccc(Cl)c(I)c4)cc23)CC1. The molecule has 1 N–H and O–H groups in total. The molecule has 1 fully saturated rings. The minimum atomic E-state index is -0.0776. The molecule has 30 heavy (non-hydrogen) atoms. The number of hydrogen-bond donors (Lipinski definition) is 1. The molecule has 1 heterocycles. The molecule has 7 heteroatoms. The molecule has 1 amide bonds. The molecule has 3 aromatic rings. The van der Waals surface area contributed by atoms with Crippen molar-refractivity contribution in [1.82, 2.24) is 10.2 Å². The molecule has 0 atom stereocenters. The van der Waals surface area contributed by atoms with Crippen LogP contribution < -0.4 is 10.2 Å². The molecule has 156 valence electrons. The van der Waals surface area contributed by atoms with Gasteiger partial charge in [-0.1, -0.05) is 39.7 Å². The van der Waals surface area contributed by atoms with Crippen LogP contribution in [0.15, 0.2) is 53.0 Å². The van der Waals surface area contributed by atoms with Gasteiger partial charge in [0.25, 0.3) is 5.91 Å². The fourth-order valence-electron chi connectivity index (χ4n) is 3.69. The van der Waals surface area contributed by atoms with Gasteiger partial charge in [-0.15, -0.1) is 0 Å². The first-order valence-electron chi connectivity index (χ1n) is 9.80. The van der Waals surface area contributed by atoms with E-state index in [1.165, 1.54) is 5.69 Å². The van der Waals surface area contributed by atoms with Crippen molar-refractivity contribution in [2.45, 2.75) is 6.54 Å². The van der Waals surface area contributed by atoms with E-state index in [1.807, 2.05) is 36.4 Å². The Balaban J connectivity index is 1.59. The maximum Gasteiger partial charge on any atom is 0.251 e. The van der Waals surface area contributed by atoms with Gasteiger partial charge >= 0.3 is 0 Å². The van der Waals surface area contributed by atoms with E-state index in [0.717, 1.165) is 55.6 Å². The first-order chi connectivity index (χ1) is 14.4. The number of benzene rings is 3. The minimum Gasteiger partial charge on any atom is -0.368 e. The molecule has 1 aliphatic rings. The van der Waals surface area contributed by atoms with Crippen molar-refractivity contribution in [3.8, 4) is 0 Å². The molecule has 1 aliphatic heterocycles. The summed E-state index contributed by atoms with van der Waals surface area (Å²) in [5.74, 6) is -0.0776. The molecule has 3 aromatic carbocycles. The average molecular weight is 599 g/mol. The Kier molecular flexibility index (Phi) is 6.87. The maximum absolute atomic E-state index is 12.9. The van der Waals surface area contributed by atoms with Crippen LogP contribution in [0.25, 0.3) is 10.8 Å². The van der Waals surface area contributed by atoms with Crippen molar-refractivity contribution in [3.05, 3.63) is 72.7 Å². The second-order valence-electron chi connectivity index (χ2n) is 7.55. The molecule has 0 radical (unpaired) electrons. The van der Waals surface area contributed by atoms with Gasteiger partial charge in [0, 0.05) is 57.4 Å². The summed E-state index contributed by atoms with van der Waals surface area (Å²) in [6.07, 6.45) is 0. The van der Waals surface area contributed by atoms with Crippen LogP contribution in [-0.2, 0) is 6.54 Å². The molecule has 0 bridgehead atoms. The van der Waals surface area contributed by atoms with Crippen molar-refractivity contribution in [3.63, 3.8) is 0 Å². The van der Waals surface area contributed by atoms with Crippen molar-refractivity contribution >= 4 is 72.5 Å². The highest BCUT2D eigenvalue weighted by molar-refractivity contribution is 14.1. The highest BCUT2D eigenvalue weighted by atomic mass is 127. The zero-order chi connectivity index (χ0) is 21.3. The van der Waals surface area contributed by atoms with Crippen LogP contribution in [0.4, 0.5) is 5.69 Å². The first-order valence-corrected chi connectivity index (χ1v) is 12.1. The fourth-order valence-corrected chi connectivity index (χ4v) is 4.87. The number of piperazine rings is 1. The predicted molar refractivity (Wildman–Crippen MR) is 137 cm³/mol. The molecular formula is C23H22BrClIN3O. The Morgan fingerprint density at radius 3 is 2.57 bits per heavy atom. The summed E-state index contributed by atoms with van der Waals surface area (Å²) < 4.78 is 2.02. The number of carbonyl (C=O) groups is 1. The number of halogens is 3. The average Bonchev–Trinajstić information content (AvgIpc) is 2.75. The zero-order valence-electron chi connectivity index (χ0n) is 16.6. The third-order valence-corrected chi connectivity index (χ3v) is 7.72. The summed E-state index contributed by atoms with van der Waals surface area (Å²) in [5, 5.41) is 5.97. The van der Waals surface area contributed by atoms with Gasteiger partial charge < -0.3 is 15.1 Å². The van der Waals surface area contributed by atoms with Crippen LogP contribution in [0.5, 0.6) is 0 Å². The van der Waals surface area contributed by atoms with Crippen molar-refractivity contribution in [1.29, 1.82) is 0 Å². The number of anilines is 1. The van der Waals surface area contributed by atoms with Gasteiger partial charge in [0.05, 0.1) is 5.02 Å². The van der Waals surface area contributed by atoms with Gasteiger partial charge in [-0.25, -0.2) is 0 Å². The van der Waals surface area contributed by atoms with Crippen LogP contribution in [0, 0.1) is 3.57 Å². The Morgan fingerprint density at radius 1 is 1.07 bits per heavy atom.